The fraction of sp³-hybridized carbons (Fsp3) is 0.333. The monoisotopic (exact) mass is 234 g/mol. The summed E-state index contributed by atoms with van der Waals surface area (Å²) in [6.07, 6.45) is 1.26. The summed E-state index contributed by atoms with van der Waals surface area (Å²) in [5.41, 5.74) is 6.09. The van der Waals surface area contributed by atoms with Crippen molar-refractivity contribution in [3.05, 3.63) is 29.8 Å². The lowest BCUT2D eigenvalue weighted by Crippen LogP contribution is -2.27. The summed E-state index contributed by atoms with van der Waals surface area (Å²) in [6.45, 7) is 0.624. The molecule has 1 unspecified atom stereocenters. The zero-order valence-electron chi connectivity index (χ0n) is 9.31. The van der Waals surface area contributed by atoms with Crippen molar-refractivity contribution in [3.63, 3.8) is 0 Å². The van der Waals surface area contributed by atoms with E-state index in [1.807, 2.05) is 0 Å². The average molecular weight is 234 g/mol. The molecule has 1 aliphatic rings. The molecule has 1 atom stereocenters. The molecule has 3 N–H and O–H groups in total. The van der Waals surface area contributed by atoms with Gasteiger partial charge in [-0.25, -0.2) is 0 Å². The second kappa shape index (κ2) is 4.97. The Morgan fingerprint density at radius 1 is 1.41 bits per heavy atom. The first kappa shape index (κ1) is 11.6. The third kappa shape index (κ3) is 2.82. The molecule has 0 aromatic heterocycles. The SMILES string of the molecule is NC(=O)c1cccc(NC(=O)C2CCCO2)c1. The van der Waals surface area contributed by atoms with Gasteiger partial charge in [-0.15, -0.1) is 0 Å². The highest BCUT2D eigenvalue weighted by molar-refractivity contribution is 5.97. The van der Waals surface area contributed by atoms with Crippen LogP contribution < -0.4 is 11.1 Å². The van der Waals surface area contributed by atoms with Gasteiger partial charge in [-0.3, -0.25) is 9.59 Å². The summed E-state index contributed by atoms with van der Waals surface area (Å²) in [4.78, 5) is 22.7. The van der Waals surface area contributed by atoms with Gasteiger partial charge in [-0.2, -0.15) is 0 Å². The van der Waals surface area contributed by atoms with E-state index in [-0.39, 0.29) is 12.0 Å². The van der Waals surface area contributed by atoms with Crippen molar-refractivity contribution < 1.29 is 14.3 Å². The number of benzene rings is 1. The molecular weight excluding hydrogens is 220 g/mol. The maximum absolute atomic E-state index is 11.7. The molecule has 90 valence electrons. The molecule has 0 radical (unpaired) electrons. The van der Waals surface area contributed by atoms with E-state index in [0.29, 0.717) is 17.9 Å². The van der Waals surface area contributed by atoms with Gasteiger partial charge in [0.2, 0.25) is 5.91 Å². The normalized spacial score (nSPS) is 18.9. The average Bonchev–Trinajstić information content (AvgIpc) is 2.82. The van der Waals surface area contributed by atoms with Gasteiger partial charge < -0.3 is 15.8 Å². The molecule has 2 rings (SSSR count). The summed E-state index contributed by atoms with van der Waals surface area (Å²) in [6, 6.07) is 6.53. The lowest BCUT2D eigenvalue weighted by Gasteiger charge is -2.10. The number of anilines is 1. The molecular formula is C12H14N2O3. The van der Waals surface area contributed by atoms with Crippen molar-refractivity contribution in [2.24, 2.45) is 5.73 Å². The Balaban J connectivity index is 2.05. The fourth-order valence-electron chi connectivity index (χ4n) is 1.76. The molecule has 1 fully saturated rings. The molecule has 1 aromatic rings. The van der Waals surface area contributed by atoms with Crippen LogP contribution in [0.25, 0.3) is 0 Å². The van der Waals surface area contributed by atoms with Crippen LogP contribution in [0.15, 0.2) is 24.3 Å². The van der Waals surface area contributed by atoms with E-state index in [1.54, 1.807) is 24.3 Å². The number of carbonyl (C=O) groups excluding carboxylic acids is 2. The molecule has 0 spiro atoms. The maximum atomic E-state index is 11.7. The lowest BCUT2D eigenvalue weighted by molar-refractivity contribution is -0.124. The largest absolute Gasteiger partial charge is 0.368 e. The van der Waals surface area contributed by atoms with Gasteiger partial charge in [0.1, 0.15) is 6.10 Å². The van der Waals surface area contributed by atoms with Crippen LogP contribution in [0, 0.1) is 0 Å². The summed E-state index contributed by atoms with van der Waals surface area (Å²) in [5, 5.41) is 2.71. The number of carbonyl (C=O) groups is 2. The van der Waals surface area contributed by atoms with Crippen molar-refractivity contribution in [2.75, 3.05) is 11.9 Å². The van der Waals surface area contributed by atoms with E-state index >= 15 is 0 Å². The molecule has 1 heterocycles. The van der Waals surface area contributed by atoms with Crippen LogP contribution in [0.3, 0.4) is 0 Å². The molecule has 1 aliphatic heterocycles. The first-order valence-corrected chi connectivity index (χ1v) is 5.49. The number of hydrogen-bond acceptors (Lipinski definition) is 3. The van der Waals surface area contributed by atoms with Gasteiger partial charge in [-0.1, -0.05) is 6.07 Å². The number of amides is 2. The first-order valence-electron chi connectivity index (χ1n) is 5.49. The van der Waals surface area contributed by atoms with Crippen molar-refractivity contribution in [1.82, 2.24) is 0 Å². The quantitative estimate of drug-likeness (QED) is 0.815. The number of nitrogens with one attached hydrogen (secondary N) is 1. The van der Waals surface area contributed by atoms with Crippen LogP contribution in [0.5, 0.6) is 0 Å². The summed E-state index contributed by atoms with van der Waals surface area (Å²) in [5.74, 6) is -0.692. The number of primary amides is 1. The highest BCUT2D eigenvalue weighted by Crippen LogP contribution is 2.16. The number of nitrogens with two attached hydrogens (primary N) is 1. The number of rotatable bonds is 3. The number of ether oxygens (including phenoxy) is 1. The van der Waals surface area contributed by atoms with Crippen molar-refractivity contribution in [1.29, 1.82) is 0 Å². The van der Waals surface area contributed by atoms with Crippen molar-refractivity contribution in [3.8, 4) is 0 Å². The van der Waals surface area contributed by atoms with Crippen molar-refractivity contribution >= 4 is 17.5 Å². The fourth-order valence-corrected chi connectivity index (χ4v) is 1.76. The molecule has 1 saturated heterocycles. The summed E-state index contributed by atoms with van der Waals surface area (Å²) >= 11 is 0. The van der Waals surface area contributed by atoms with Crippen molar-refractivity contribution in [2.45, 2.75) is 18.9 Å². The second-order valence-corrected chi connectivity index (χ2v) is 3.94. The smallest absolute Gasteiger partial charge is 0.253 e. The highest BCUT2D eigenvalue weighted by Gasteiger charge is 2.23. The second-order valence-electron chi connectivity index (χ2n) is 3.94. The van der Waals surface area contributed by atoms with Gasteiger partial charge in [-0.05, 0) is 31.0 Å². The molecule has 2 amide bonds. The summed E-state index contributed by atoms with van der Waals surface area (Å²) in [7, 11) is 0. The van der Waals surface area contributed by atoms with Gasteiger partial charge in [0.05, 0.1) is 0 Å². The van der Waals surface area contributed by atoms with Gasteiger partial charge >= 0.3 is 0 Å². The Labute approximate surface area is 98.9 Å². The minimum absolute atomic E-state index is 0.177. The van der Waals surface area contributed by atoms with Crippen LogP contribution in [-0.2, 0) is 9.53 Å². The zero-order valence-corrected chi connectivity index (χ0v) is 9.31. The van der Waals surface area contributed by atoms with Crippen LogP contribution in [-0.4, -0.2) is 24.5 Å². The van der Waals surface area contributed by atoms with Gasteiger partial charge in [0.15, 0.2) is 0 Å². The molecule has 0 saturated carbocycles. The minimum Gasteiger partial charge on any atom is -0.368 e. The Kier molecular flexibility index (Phi) is 3.39. The Morgan fingerprint density at radius 3 is 2.88 bits per heavy atom. The first-order chi connectivity index (χ1) is 8.16. The lowest BCUT2D eigenvalue weighted by atomic mass is 10.2. The molecule has 17 heavy (non-hydrogen) atoms. The predicted molar refractivity (Wildman–Crippen MR) is 62.6 cm³/mol. The third-order valence-corrected chi connectivity index (χ3v) is 2.64. The Morgan fingerprint density at radius 2 is 2.24 bits per heavy atom. The Hall–Kier alpha value is -1.88. The standard InChI is InChI=1S/C12H14N2O3/c13-11(15)8-3-1-4-9(7-8)14-12(16)10-5-2-6-17-10/h1,3-4,7,10H,2,5-6H2,(H2,13,15)(H,14,16). The van der Waals surface area contributed by atoms with Crippen LogP contribution in [0.4, 0.5) is 5.69 Å². The maximum Gasteiger partial charge on any atom is 0.253 e. The van der Waals surface area contributed by atoms with E-state index in [4.69, 9.17) is 10.5 Å². The molecule has 1 aromatic carbocycles. The minimum atomic E-state index is -0.516. The Bertz CT molecular complexity index is 439. The van der Waals surface area contributed by atoms with Gasteiger partial charge in [0.25, 0.3) is 5.91 Å². The molecule has 5 heteroatoms. The molecule has 0 aliphatic carbocycles. The van der Waals surface area contributed by atoms with E-state index in [9.17, 15) is 9.59 Å². The predicted octanol–water partition coefficient (Wildman–Crippen LogP) is 0.903. The van der Waals surface area contributed by atoms with Gasteiger partial charge in [0, 0.05) is 17.9 Å². The van der Waals surface area contributed by atoms with E-state index in [1.165, 1.54) is 0 Å². The summed E-state index contributed by atoms with van der Waals surface area (Å²) < 4.78 is 5.26. The van der Waals surface area contributed by atoms with Crippen LogP contribution in [0.1, 0.15) is 23.2 Å². The van der Waals surface area contributed by atoms with E-state index in [0.717, 1.165) is 12.8 Å². The zero-order chi connectivity index (χ0) is 12.3. The molecule has 0 bridgehead atoms. The third-order valence-electron chi connectivity index (χ3n) is 2.64. The number of hydrogen-bond donors (Lipinski definition) is 2. The van der Waals surface area contributed by atoms with Crippen LogP contribution in [0.2, 0.25) is 0 Å². The highest BCUT2D eigenvalue weighted by atomic mass is 16.5. The van der Waals surface area contributed by atoms with E-state index < -0.39 is 5.91 Å². The molecule has 5 nitrogen and oxygen atoms in total. The topological polar surface area (TPSA) is 81.4 Å². The van der Waals surface area contributed by atoms with Crippen LogP contribution >= 0.6 is 0 Å². The van der Waals surface area contributed by atoms with E-state index in [2.05, 4.69) is 5.32 Å².